The van der Waals surface area contributed by atoms with E-state index in [1.165, 1.54) is 41.7 Å². The lowest BCUT2D eigenvalue weighted by atomic mass is 9.99. The molecule has 2 aliphatic rings. The van der Waals surface area contributed by atoms with Gasteiger partial charge >= 0.3 is 0 Å². The van der Waals surface area contributed by atoms with Crippen LogP contribution in [0, 0.1) is 5.92 Å². The molecule has 0 aliphatic carbocycles. The Morgan fingerprint density at radius 1 is 0.634 bits per heavy atom. The maximum atomic E-state index is 15.3. The Hall–Kier alpha value is -10.2. The van der Waals surface area contributed by atoms with Crippen molar-refractivity contribution in [3.8, 4) is 5.75 Å². The van der Waals surface area contributed by atoms with Gasteiger partial charge in [0, 0.05) is 84.7 Å². The van der Waals surface area contributed by atoms with E-state index in [1.807, 2.05) is 42.5 Å². The van der Waals surface area contributed by atoms with E-state index in [0.29, 0.717) is 52.5 Å². The molecular weight excluding hydrogens is 1200 g/mol. The number of nitrogens with two attached hydrogens (primary N) is 2. The highest BCUT2D eigenvalue weighted by Gasteiger charge is 2.40. The van der Waals surface area contributed by atoms with Crippen molar-refractivity contribution in [1.29, 1.82) is 0 Å². The first kappa shape index (κ1) is 68.7. The summed E-state index contributed by atoms with van der Waals surface area (Å²) in [6.45, 7) is 2.58. The summed E-state index contributed by atoms with van der Waals surface area (Å²) in [5.74, 6) is -8.58. The summed E-state index contributed by atoms with van der Waals surface area (Å²) in [5.41, 5.74) is 14.7. The number of amides is 11. The molecule has 2 saturated heterocycles. The topological polar surface area (TPSA) is 452 Å². The predicted molar refractivity (Wildman–Crippen MR) is 339 cm³/mol. The Bertz CT molecular complexity index is 3630. The van der Waals surface area contributed by atoms with Gasteiger partial charge in [-0.05, 0) is 98.4 Å². The fourth-order valence-corrected chi connectivity index (χ4v) is 11.5. The fraction of sp³-hybridized carbons (Fsp3) is 0.438. The first-order valence-electron chi connectivity index (χ1n) is 31.1. The number of aliphatic hydroxyl groups excluding tert-OH is 1. The second-order valence-corrected chi connectivity index (χ2v) is 23.8. The van der Waals surface area contributed by atoms with Crippen LogP contribution < -0.4 is 59.3 Å². The molecule has 11 amide bonds. The summed E-state index contributed by atoms with van der Waals surface area (Å²) < 4.78 is 0. The molecule has 0 unspecified atom stereocenters. The molecule has 3 aromatic heterocycles. The highest BCUT2D eigenvalue weighted by Crippen LogP contribution is 2.24. The van der Waals surface area contributed by atoms with Crippen LogP contribution in [-0.4, -0.2) is 181 Å². The third-order valence-electron chi connectivity index (χ3n) is 16.4. The van der Waals surface area contributed by atoms with Crippen LogP contribution in [0.1, 0.15) is 87.6 Å². The van der Waals surface area contributed by atoms with Crippen molar-refractivity contribution in [3.63, 3.8) is 0 Å². The summed E-state index contributed by atoms with van der Waals surface area (Å²) in [6.07, 6.45) is 7.57. The van der Waals surface area contributed by atoms with Crippen molar-refractivity contribution < 1.29 is 63.0 Å². The third-order valence-corrected chi connectivity index (χ3v) is 16.4. The lowest BCUT2D eigenvalue weighted by molar-refractivity contribution is -0.142. The summed E-state index contributed by atoms with van der Waals surface area (Å²) >= 11 is 0. The van der Waals surface area contributed by atoms with E-state index in [9.17, 15) is 53.4 Å². The number of hydrogen-bond donors (Lipinski definition) is 16. The molecule has 93 heavy (non-hydrogen) atoms. The molecular formula is C64H82N16O13. The van der Waals surface area contributed by atoms with Crippen molar-refractivity contribution in [2.24, 2.45) is 17.4 Å². The highest BCUT2D eigenvalue weighted by atomic mass is 16.3. The Kier molecular flexibility index (Phi) is 24.2. The third kappa shape index (κ3) is 19.0. The zero-order valence-electron chi connectivity index (χ0n) is 51.8. The number of nitrogens with one attached hydrogen (secondary N) is 12. The highest BCUT2D eigenvalue weighted by molar-refractivity contribution is 6.00. The minimum absolute atomic E-state index is 0.0333. The van der Waals surface area contributed by atoms with Gasteiger partial charge in [0.25, 0.3) is 0 Å². The maximum Gasteiger partial charge on any atom is 0.245 e. The second-order valence-electron chi connectivity index (χ2n) is 23.8. The van der Waals surface area contributed by atoms with E-state index in [1.54, 1.807) is 32.3 Å². The molecule has 29 nitrogen and oxygen atoms in total. The number of primary amides is 1. The number of phenols is 1. The van der Waals surface area contributed by atoms with Gasteiger partial charge in [-0.15, -0.1) is 0 Å². The zero-order valence-corrected chi connectivity index (χ0v) is 51.8. The van der Waals surface area contributed by atoms with Gasteiger partial charge in [0.1, 0.15) is 60.1 Å². The summed E-state index contributed by atoms with van der Waals surface area (Å²) in [6, 6.07) is 8.34. The number of imidazole rings is 1. The summed E-state index contributed by atoms with van der Waals surface area (Å²) in [7, 11) is 0. The van der Waals surface area contributed by atoms with E-state index in [-0.39, 0.29) is 88.5 Å². The number of phenolic OH excluding ortho intramolecular Hbond substituents is 1. The molecule has 9 atom stereocenters. The Morgan fingerprint density at radius 3 is 1.71 bits per heavy atom. The van der Waals surface area contributed by atoms with Crippen LogP contribution in [-0.2, 0) is 78.4 Å². The molecule has 18 N–H and O–H groups in total. The second kappa shape index (κ2) is 32.7. The van der Waals surface area contributed by atoms with Gasteiger partial charge in [0.15, 0.2) is 0 Å². The van der Waals surface area contributed by atoms with Gasteiger partial charge in [0.2, 0.25) is 65.0 Å². The molecule has 8 rings (SSSR count). The quantitative estimate of drug-likeness (QED) is 0.0215. The van der Waals surface area contributed by atoms with Crippen LogP contribution in [0.3, 0.4) is 0 Å². The number of aromatic amines is 3. The molecule has 0 saturated carbocycles. The average molecular weight is 1280 g/mol. The van der Waals surface area contributed by atoms with Crippen LogP contribution in [0.2, 0.25) is 0 Å². The number of H-pyrrole nitrogens is 3. The van der Waals surface area contributed by atoms with E-state index in [0.717, 1.165) is 10.9 Å². The number of aromatic hydroxyl groups is 1. The number of hydrogen-bond acceptors (Lipinski definition) is 15. The Morgan fingerprint density at radius 2 is 1.17 bits per heavy atom. The van der Waals surface area contributed by atoms with E-state index >= 15 is 9.59 Å². The predicted octanol–water partition coefficient (Wildman–Crippen LogP) is -1.22. The Labute approximate surface area is 535 Å². The van der Waals surface area contributed by atoms with Crippen LogP contribution in [0.4, 0.5) is 0 Å². The van der Waals surface area contributed by atoms with Crippen molar-refractivity contribution in [2.75, 3.05) is 26.2 Å². The first-order chi connectivity index (χ1) is 44.7. The largest absolute Gasteiger partial charge is 0.508 e. The van der Waals surface area contributed by atoms with Crippen LogP contribution in [0.25, 0.3) is 21.8 Å². The number of carbonyl (C=O) groups excluding carboxylic acids is 11. The Balaban J connectivity index is 1.04. The molecule has 29 heteroatoms. The average Bonchev–Trinajstić information content (AvgIpc) is 1.78. The number of unbranched alkanes of at least 4 members (excludes halogenated alkanes) is 1. The first-order valence-corrected chi connectivity index (χ1v) is 31.1. The number of likely N-dealkylation sites (tertiary alicyclic amines) is 1. The monoisotopic (exact) mass is 1280 g/mol. The number of rotatable bonds is 33. The minimum atomic E-state index is -1.75. The number of aromatic nitrogens is 4. The smallest absolute Gasteiger partial charge is 0.245 e. The molecule has 0 bridgehead atoms. The molecule has 0 spiro atoms. The number of aliphatic hydroxyl groups is 1. The molecule has 2 fully saturated rings. The molecule has 0 radical (unpaired) electrons. The van der Waals surface area contributed by atoms with Crippen molar-refractivity contribution >= 4 is 86.8 Å². The van der Waals surface area contributed by atoms with Gasteiger partial charge in [-0.1, -0.05) is 62.4 Å². The van der Waals surface area contributed by atoms with E-state index in [4.69, 9.17) is 11.5 Å². The number of para-hydroxylation sites is 2. The van der Waals surface area contributed by atoms with Crippen LogP contribution in [0.5, 0.6) is 5.75 Å². The van der Waals surface area contributed by atoms with Gasteiger partial charge in [0.05, 0.1) is 19.5 Å². The standard InChI is InChI=1S/C64H82N16O13/c1-35(2)24-47(74-62(91)52(33-81)79-58(87)48(25-36-16-18-40(82)19-17-36)75-61(90)51(28-39-31-67-34-71-39)78-56(85)45-20-21-55(84)72-45)57(86)76-50(27-38-30-69-44-13-6-4-11-42(38)44)60(89)77-49(26-37-29-68-43-12-5-3-10-41(37)43)59(88)73-46(14-7-8-22-65)64(93)80-23-9-15-53(80)63(92)70-32-54(66)83/h3-6,10-13,16-19,29-31,34-35,45-53,68-69,81-82H,7-9,14-15,20-28,32-33,65H2,1-2H3,(H2,66,83)(H,67,71)(H,70,92)(H,72,84)(H,73,88)(H,74,91)(H,75,90)(H,76,86)(H,77,89)(H,78,85)(H,79,87)/t45-,46-,47-,48-,49-,50+,51-,52-,53-/m0/s1. The van der Waals surface area contributed by atoms with Gasteiger partial charge in [-0.2, -0.15) is 0 Å². The van der Waals surface area contributed by atoms with Gasteiger partial charge in [-0.25, -0.2) is 4.98 Å². The van der Waals surface area contributed by atoms with Crippen molar-refractivity contribution in [3.05, 3.63) is 120 Å². The fourth-order valence-electron chi connectivity index (χ4n) is 11.5. The minimum Gasteiger partial charge on any atom is -0.508 e. The zero-order chi connectivity index (χ0) is 66.7. The number of carbonyl (C=O) groups is 11. The van der Waals surface area contributed by atoms with Gasteiger partial charge < -0.3 is 89.4 Å². The number of fused-ring (bicyclic) bond motifs is 2. The number of benzene rings is 3. The normalized spacial score (nSPS) is 16.8. The SMILES string of the molecule is CC(C)C[C@H](NC(=O)[C@H](CO)NC(=O)[C@H](Cc1ccc(O)cc1)NC(=O)[C@H](Cc1cnc[nH]1)NC(=O)[C@@H]1CCC(=O)N1)C(=O)N[C@H](Cc1c[nH]c2ccccc12)C(=O)N[C@@H](Cc1c[nH]c2ccccc12)C(=O)N[C@@H](CCCCN)C(=O)N1CCC[C@H]1C(=O)NCC(N)=O. The molecule has 6 aromatic rings. The molecule has 5 heterocycles. The lowest BCUT2D eigenvalue weighted by Crippen LogP contribution is -2.61. The molecule has 2 aliphatic heterocycles. The van der Waals surface area contributed by atoms with E-state index in [2.05, 4.69) is 67.8 Å². The lowest BCUT2D eigenvalue weighted by Gasteiger charge is -2.30. The maximum absolute atomic E-state index is 15.3. The van der Waals surface area contributed by atoms with Gasteiger partial charge in [-0.3, -0.25) is 52.7 Å². The van der Waals surface area contributed by atoms with Crippen molar-refractivity contribution in [2.45, 2.75) is 145 Å². The van der Waals surface area contributed by atoms with Crippen molar-refractivity contribution in [1.82, 2.24) is 72.7 Å². The number of nitrogens with zero attached hydrogens (tertiary/aromatic N) is 2. The van der Waals surface area contributed by atoms with Crippen LogP contribution >= 0.6 is 0 Å². The summed E-state index contributed by atoms with van der Waals surface area (Å²) in [4.78, 5) is 168. The van der Waals surface area contributed by atoms with Crippen LogP contribution in [0.15, 0.2) is 97.7 Å². The van der Waals surface area contributed by atoms with E-state index < -0.39 is 127 Å². The summed E-state index contributed by atoms with van der Waals surface area (Å²) in [5, 5.41) is 46.4. The molecule has 496 valence electrons. The molecule has 3 aromatic carbocycles.